The van der Waals surface area contributed by atoms with E-state index in [1.807, 2.05) is 7.11 Å². The van der Waals surface area contributed by atoms with E-state index in [9.17, 15) is 0 Å². The van der Waals surface area contributed by atoms with Gasteiger partial charge >= 0.3 is 149 Å². The molecule has 0 aliphatic rings. The van der Waals surface area contributed by atoms with Gasteiger partial charge in [-0.05, 0) is 0 Å². The third-order valence-corrected chi connectivity index (χ3v) is 16.7. The summed E-state index contributed by atoms with van der Waals surface area (Å²) in [5.74, 6) is 0. The molecule has 0 fully saturated rings. The van der Waals surface area contributed by atoms with E-state index in [1.54, 1.807) is 0 Å². The Balaban J connectivity index is 2.25. The second-order valence-corrected chi connectivity index (χ2v) is 15.1. The van der Waals surface area contributed by atoms with Gasteiger partial charge in [-0.25, -0.2) is 0 Å². The Labute approximate surface area is 148 Å². The van der Waals surface area contributed by atoms with Crippen LogP contribution in [-0.2, 0) is 4.74 Å². The summed E-state index contributed by atoms with van der Waals surface area (Å²) in [4.78, 5) is -1.58. The molecule has 0 aromatic heterocycles. The molecule has 0 radical (unpaired) electrons. The van der Waals surface area contributed by atoms with E-state index in [0.717, 1.165) is 4.61 Å². The van der Waals surface area contributed by atoms with Crippen molar-refractivity contribution in [3.8, 4) is 0 Å². The molecule has 118 valence electrons. The Morgan fingerprint density at radius 1 is 0.652 bits per heavy atom. The number of alkyl halides is 1. The van der Waals surface area contributed by atoms with Crippen LogP contribution in [0.5, 0.6) is 0 Å². The van der Waals surface area contributed by atoms with Gasteiger partial charge in [0.2, 0.25) is 0 Å². The van der Waals surface area contributed by atoms with Crippen molar-refractivity contribution in [1.29, 1.82) is 0 Å². The molecular formula is C20H20IOP. The Morgan fingerprint density at radius 2 is 1.00 bits per heavy atom. The Hall–Kier alpha value is -1.22. The normalized spacial score (nSPS) is 11.5. The molecule has 0 unspecified atom stereocenters. The maximum absolute atomic E-state index is 5.54. The summed E-state index contributed by atoms with van der Waals surface area (Å²) in [5.41, 5.74) is 0. The van der Waals surface area contributed by atoms with Crippen molar-refractivity contribution >= 4 is 20.8 Å². The monoisotopic (exact) mass is 434 g/mol. The van der Waals surface area contributed by atoms with Gasteiger partial charge < -0.3 is 0 Å². The number of halogens is 1. The maximum atomic E-state index is 5.54. The first kappa shape index (κ1) is 16.6. The van der Waals surface area contributed by atoms with Gasteiger partial charge in [0.05, 0.1) is 0 Å². The molecule has 0 atom stereocenters. The fourth-order valence-electron chi connectivity index (χ4n) is 2.68. The molecule has 0 bridgehead atoms. The Morgan fingerprint density at radius 3 is 1.30 bits per heavy atom. The van der Waals surface area contributed by atoms with Crippen LogP contribution in [0.1, 0.15) is 0 Å². The molecular weight excluding hydrogens is 414 g/mol. The number of rotatable bonds is 6. The van der Waals surface area contributed by atoms with Crippen LogP contribution in [0.3, 0.4) is 0 Å². The van der Waals surface area contributed by atoms with Crippen molar-refractivity contribution in [3.63, 3.8) is 0 Å². The van der Waals surface area contributed by atoms with Gasteiger partial charge in [-0.3, -0.25) is 0 Å². The molecule has 23 heavy (non-hydrogen) atoms. The fraction of sp³-hybridized carbons (Fsp3) is 0.100. The van der Waals surface area contributed by atoms with Crippen molar-refractivity contribution in [2.45, 2.75) is 0 Å². The molecule has 0 saturated heterocycles. The quantitative estimate of drug-likeness (QED) is 0.314. The molecule has 3 heteroatoms. The minimum atomic E-state index is -1.58. The molecule has 0 N–H and O–H groups in total. The first-order valence-corrected chi connectivity index (χ1v) is 13.6. The zero-order valence-electron chi connectivity index (χ0n) is 13.1. The summed E-state index contributed by atoms with van der Waals surface area (Å²) in [6, 6.07) is 33.0. The van der Waals surface area contributed by atoms with Crippen LogP contribution in [0.15, 0.2) is 91.0 Å². The van der Waals surface area contributed by atoms with Gasteiger partial charge in [-0.1, -0.05) is 0 Å². The third kappa shape index (κ3) is 3.50. The number of methoxy groups -OCH3 is 1. The average Bonchev–Trinajstić information content (AvgIpc) is 2.65. The van der Waals surface area contributed by atoms with E-state index in [-0.39, 0.29) is 20.7 Å². The molecule has 0 amide bonds. The number of hydrogen-bond donors (Lipinski definition) is 0. The molecule has 3 aromatic rings. The molecule has 0 saturated carbocycles. The molecule has 0 aliphatic heterocycles. The molecule has 0 spiro atoms. The Kier molecular flexibility index (Phi) is 5.82. The van der Waals surface area contributed by atoms with Crippen LogP contribution in [0, 0.1) is 0 Å². The summed E-state index contributed by atoms with van der Waals surface area (Å²) >= 11 is -0.175. The van der Waals surface area contributed by atoms with Gasteiger partial charge in [0.1, 0.15) is 0 Å². The van der Waals surface area contributed by atoms with Crippen molar-refractivity contribution in [1.82, 2.24) is 0 Å². The van der Waals surface area contributed by atoms with Crippen LogP contribution in [0.4, 0.5) is 0 Å². The Bertz CT molecular complexity index is 620. The molecule has 1 nitrogen and oxygen atoms in total. The molecule has 3 rings (SSSR count). The first-order valence-electron chi connectivity index (χ1n) is 7.54. The predicted molar refractivity (Wildman–Crippen MR) is 97.0 cm³/mol. The van der Waals surface area contributed by atoms with Gasteiger partial charge in [0, 0.05) is 0 Å². The van der Waals surface area contributed by atoms with E-state index in [2.05, 4.69) is 91.0 Å². The van der Waals surface area contributed by atoms with E-state index in [4.69, 9.17) is 4.74 Å². The van der Waals surface area contributed by atoms with Gasteiger partial charge in [0.15, 0.2) is 0 Å². The number of ether oxygens (including phenoxy) is 1. The minimum absolute atomic E-state index is 0.175. The number of hydrogen-bond acceptors (Lipinski definition) is 1. The van der Waals surface area contributed by atoms with Crippen LogP contribution < -0.4 is 36.6 Å². The number of benzene rings is 3. The SMILES string of the molecule is COC[I-][P+](c1ccccc1)(c1ccccc1)c1ccccc1. The standard InChI is InChI=1S/C20H20IOP/c1-22-17-21-23(18-11-5-2-6-12-18,19-13-7-3-8-14-19)20-15-9-4-10-16-20/h2-16H,17H2,1H3. The van der Waals surface area contributed by atoms with Crippen molar-refractivity contribution in [3.05, 3.63) is 91.0 Å². The van der Waals surface area contributed by atoms with Crippen LogP contribution in [0.2, 0.25) is 0 Å². The molecule has 0 heterocycles. The van der Waals surface area contributed by atoms with Crippen LogP contribution in [0.25, 0.3) is 0 Å². The van der Waals surface area contributed by atoms with Crippen molar-refractivity contribution < 1.29 is 25.4 Å². The van der Waals surface area contributed by atoms with Gasteiger partial charge in [-0.15, -0.1) is 0 Å². The molecule has 3 aromatic carbocycles. The van der Waals surface area contributed by atoms with Crippen molar-refractivity contribution in [2.24, 2.45) is 0 Å². The third-order valence-electron chi connectivity index (χ3n) is 3.67. The van der Waals surface area contributed by atoms with Crippen LogP contribution in [-0.4, -0.2) is 11.7 Å². The fourth-order valence-corrected chi connectivity index (χ4v) is 14.5. The van der Waals surface area contributed by atoms with E-state index in [0.29, 0.717) is 0 Å². The average molecular weight is 434 g/mol. The summed E-state index contributed by atoms with van der Waals surface area (Å²) in [7, 11) is 1.81. The van der Waals surface area contributed by atoms with Gasteiger partial charge in [0.25, 0.3) is 0 Å². The zero-order valence-corrected chi connectivity index (χ0v) is 16.2. The second-order valence-electron chi connectivity index (χ2n) is 5.11. The second kappa shape index (κ2) is 8.05. The van der Waals surface area contributed by atoms with E-state index < -0.39 is 4.90 Å². The summed E-state index contributed by atoms with van der Waals surface area (Å²) in [6.45, 7) is 0. The zero-order chi connectivity index (χ0) is 16.0. The predicted octanol–water partition coefficient (Wildman–Crippen LogP) is 0.588. The summed E-state index contributed by atoms with van der Waals surface area (Å²) in [5, 5.41) is 4.38. The molecule has 0 aliphatic carbocycles. The summed E-state index contributed by atoms with van der Waals surface area (Å²) < 4.78 is 6.40. The van der Waals surface area contributed by atoms with E-state index in [1.165, 1.54) is 15.9 Å². The van der Waals surface area contributed by atoms with Crippen molar-refractivity contribution in [2.75, 3.05) is 11.7 Å². The topological polar surface area (TPSA) is 9.23 Å². The van der Waals surface area contributed by atoms with Crippen LogP contribution >= 0.6 is 4.90 Å². The van der Waals surface area contributed by atoms with Gasteiger partial charge in [-0.2, -0.15) is 0 Å². The summed E-state index contributed by atoms with van der Waals surface area (Å²) in [6.07, 6.45) is 0. The van der Waals surface area contributed by atoms with E-state index >= 15 is 0 Å². The first-order chi connectivity index (χ1) is 11.4.